The summed E-state index contributed by atoms with van der Waals surface area (Å²) in [7, 11) is 1.60. The molecule has 2 atom stereocenters. The summed E-state index contributed by atoms with van der Waals surface area (Å²) in [5.74, 6) is -2.63. The lowest BCUT2D eigenvalue weighted by Gasteiger charge is -2.21. The quantitative estimate of drug-likeness (QED) is 0.425. The Morgan fingerprint density at radius 2 is 1.89 bits per heavy atom. The highest BCUT2D eigenvalue weighted by molar-refractivity contribution is 6.00. The number of hydrogen-bond donors (Lipinski definition) is 2. The maximum Gasteiger partial charge on any atom is 0.343 e. The van der Waals surface area contributed by atoms with E-state index in [9.17, 15) is 18.4 Å². The molecule has 2 N–H and O–H groups in total. The second kappa shape index (κ2) is 11.9. The number of hydrogen-bond acceptors (Lipinski definition) is 6. The van der Waals surface area contributed by atoms with Crippen molar-refractivity contribution in [3.8, 4) is 5.69 Å². The fraction of sp³-hybridized carbons (Fsp3) is 0.346. The lowest BCUT2D eigenvalue weighted by Crippen LogP contribution is -2.42. The molecule has 0 saturated carbocycles. The van der Waals surface area contributed by atoms with Gasteiger partial charge in [0, 0.05) is 32.7 Å². The number of methoxy groups -OCH3 is 1. The molecule has 2 heterocycles. The molecule has 1 aliphatic rings. The molecule has 2 amide bonds. The van der Waals surface area contributed by atoms with E-state index in [1.807, 2.05) is 18.2 Å². The van der Waals surface area contributed by atoms with E-state index in [2.05, 4.69) is 20.6 Å². The van der Waals surface area contributed by atoms with Gasteiger partial charge < -0.3 is 14.8 Å². The van der Waals surface area contributed by atoms with Crippen molar-refractivity contribution < 1.29 is 27.8 Å². The van der Waals surface area contributed by atoms with Gasteiger partial charge in [-0.05, 0) is 36.8 Å². The Hall–Kier alpha value is -3.83. The molecule has 1 unspecified atom stereocenters. The van der Waals surface area contributed by atoms with Gasteiger partial charge in [0.1, 0.15) is 5.56 Å². The number of nitrogens with zero attached hydrogens (tertiary/aromatic N) is 3. The molecular weight excluding hydrogens is 484 g/mol. The highest BCUT2D eigenvalue weighted by Crippen LogP contribution is 2.29. The van der Waals surface area contributed by atoms with Gasteiger partial charge in [0.25, 0.3) is 0 Å². The minimum atomic E-state index is -0.943. The van der Waals surface area contributed by atoms with Gasteiger partial charge in [0.05, 0.1) is 31.1 Å². The second-order valence-corrected chi connectivity index (χ2v) is 8.61. The van der Waals surface area contributed by atoms with Crippen LogP contribution in [0.3, 0.4) is 0 Å². The largest absolute Gasteiger partial charge is 0.462 e. The Bertz CT molecular complexity index is 1240. The van der Waals surface area contributed by atoms with Crippen LogP contribution in [0.2, 0.25) is 0 Å². The van der Waals surface area contributed by atoms with Crippen molar-refractivity contribution in [3.63, 3.8) is 0 Å². The van der Waals surface area contributed by atoms with Crippen LogP contribution in [0.5, 0.6) is 0 Å². The number of ether oxygens (including phenoxy) is 2. The fourth-order valence-electron chi connectivity index (χ4n) is 4.42. The Balaban J connectivity index is 1.58. The van der Waals surface area contributed by atoms with Crippen molar-refractivity contribution in [1.29, 1.82) is 0 Å². The summed E-state index contributed by atoms with van der Waals surface area (Å²) in [6.07, 6.45) is 1.34. The predicted octanol–water partition coefficient (Wildman–Crippen LogP) is 3.56. The van der Waals surface area contributed by atoms with Crippen LogP contribution in [0, 0.1) is 11.6 Å². The van der Waals surface area contributed by atoms with Crippen molar-refractivity contribution in [2.45, 2.75) is 18.9 Å². The van der Waals surface area contributed by atoms with Gasteiger partial charge in [0.15, 0.2) is 17.5 Å². The topological polar surface area (TPSA) is 97.7 Å². The molecule has 0 spiro atoms. The van der Waals surface area contributed by atoms with E-state index in [4.69, 9.17) is 9.47 Å². The molecule has 0 aliphatic carbocycles. The zero-order valence-electron chi connectivity index (χ0n) is 20.6. The van der Waals surface area contributed by atoms with Gasteiger partial charge >= 0.3 is 12.0 Å². The summed E-state index contributed by atoms with van der Waals surface area (Å²) in [6.45, 7) is 3.95. The average molecular weight is 514 g/mol. The number of rotatable bonds is 9. The van der Waals surface area contributed by atoms with Crippen LogP contribution < -0.4 is 10.6 Å². The number of carbonyl (C=O) groups excluding carboxylic acids is 2. The Morgan fingerprint density at radius 3 is 2.59 bits per heavy atom. The summed E-state index contributed by atoms with van der Waals surface area (Å²) < 4.78 is 39.3. The zero-order chi connectivity index (χ0) is 26.4. The first-order chi connectivity index (χ1) is 17.9. The van der Waals surface area contributed by atoms with Crippen LogP contribution in [0.15, 0.2) is 54.7 Å². The van der Waals surface area contributed by atoms with E-state index in [1.165, 1.54) is 16.9 Å². The zero-order valence-corrected chi connectivity index (χ0v) is 20.6. The number of anilines is 1. The van der Waals surface area contributed by atoms with Crippen molar-refractivity contribution in [1.82, 2.24) is 20.0 Å². The SMILES string of the molecule is CCOC(=O)c1cnn(-c2ccccc2)c1NC(=O)NC1CN(CCOC)C[C@H]1c1ccc(F)c(F)c1. The summed E-state index contributed by atoms with van der Waals surface area (Å²) in [5, 5.41) is 9.96. The third-order valence-corrected chi connectivity index (χ3v) is 6.19. The number of halogens is 2. The number of aromatic nitrogens is 2. The van der Waals surface area contributed by atoms with Crippen molar-refractivity contribution >= 4 is 17.8 Å². The number of carbonyl (C=O) groups is 2. The van der Waals surface area contributed by atoms with Crippen LogP contribution in [0.4, 0.5) is 19.4 Å². The van der Waals surface area contributed by atoms with Gasteiger partial charge in [-0.25, -0.2) is 23.1 Å². The number of esters is 1. The maximum absolute atomic E-state index is 14.0. The van der Waals surface area contributed by atoms with E-state index in [1.54, 1.807) is 26.2 Å². The molecular formula is C26H29F2N5O4. The highest BCUT2D eigenvalue weighted by atomic mass is 19.2. The second-order valence-electron chi connectivity index (χ2n) is 8.61. The number of benzene rings is 2. The molecule has 1 aromatic heterocycles. The van der Waals surface area contributed by atoms with Crippen molar-refractivity contribution in [3.05, 3.63) is 77.5 Å². The minimum Gasteiger partial charge on any atom is -0.462 e. The molecule has 1 saturated heterocycles. The number of likely N-dealkylation sites (tertiary alicyclic amines) is 1. The Kier molecular flexibility index (Phi) is 8.47. The molecule has 11 heteroatoms. The van der Waals surface area contributed by atoms with Gasteiger partial charge in [-0.15, -0.1) is 0 Å². The summed E-state index contributed by atoms with van der Waals surface area (Å²) in [5.41, 5.74) is 1.32. The van der Waals surface area contributed by atoms with Crippen LogP contribution in [0.1, 0.15) is 28.8 Å². The van der Waals surface area contributed by atoms with Gasteiger partial charge in [0.2, 0.25) is 0 Å². The lowest BCUT2D eigenvalue weighted by molar-refractivity contribution is 0.0527. The number of amides is 2. The van der Waals surface area contributed by atoms with E-state index in [0.717, 1.165) is 12.1 Å². The highest BCUT2D eigenvalue weighted by Gasteiger charge is 2.35. The number of nitrogens with one attached hydrogen (secondary N) is 2. The normalized spacial score (nSPS) is 17.5. The first kappa shape index (κ1) is 26.2. The van der Waals surface area contributed by atoms with Crippen molar-refractivity contribution in [2.75, 3.05) is 45.3 Å². The van der Waals surface area contributed by atoms with E-state index < -0.39 is 29.7 Å². The van der Waals surface area contributed by atoms with Crippen molar-refractivity contribution in [2.24, 2.45) is 0 Å². The maximum atomic E-state index is 14.0. The molecule has 3 aromatic rings. The first-order valence-corrected chi connectivity index (χ1v) is 12.0. The molecule has 4 rings (SSSR count). The molecule has 0 bridgehead atoms. The lowest BCUT2D eigenvalue weighted by atomic mass is 9.94. The number of urea groups is 1. The molecule has 37 heavy (non-hydrogen) atoms. The third kappa shape index (κ3) is 6.12. The average Bonchev–Trinajstić information content (AvgIpc) is 3.49. The Labute approximate surface area is 213 Å². The summed E-state index contributed by atoms with van der Waals surface area (Å²) in [6, 6.07) is 11.8. The molecule has 2 aromatic carbocycles. The number of para-hydroxylation sites is 1. The smallest absolute Gasteiger partial charge is 0.343 e. The van der Waals surface area contributed by atoms with Gasteiger partial charge in [-0.2, -0.15) is 5.10 Å². The van der Waals surface area contributed by atoms with E-state index in [-0.39, 0.29) is 23.9 Å². The molecule has 1 fully saturated rings. The molecule has 1 aliphatic heterocycles. The molecule has 196 valence electrons. The summed E-state index contributed by atoms with van der Waals surface area (Å²) >= 11 is 0. The fourth-order valence-corrected chi connectivity index (χ4v) is 4.42. The minimum absolute atomic E-state index is 0.103. The first-order valence-electron chi connectivity index (χ1n) is 12.0. The third-order valence-electron chi connectivity index (χ3n) is 6.19. The van der Waals surface area contributed by atoms with Crippen LogP contribution in [0.25, 0.3) is 5.69 Å². The van der Waals surface area contributed by atoms with Crippen LogP contribution in [-0.2, 0) is 9.47 Å². The Morgan fingerprint density at radius 1 is 1.11 bits per heavy atom. The van der Waals surface area contributed by atoms with Crippen LogP contribution >= 0.6 is 0 Å². The van der Waals surface area contributed by atoms with Gasteiger partial charge in [-0.3, -0.25) is 10.2 Å². The summed E-state index contributed by atoms with van der Waals surface area (Å²) in [4.78, 5) is 27.8. The predicted molar refractivity (Wildman–Crippen MR) is 133 cm³/mol. The van der Waals surface area contributed by atoms with Crippen LogP contribution in [-0.4, -0.2) is 72.7 Å². The van der Waals surface area contributed by atoms with E-state index >= 15 is 0 Å². The standard InChI is InChI=1S/C26H29F2N5O4/c1-3-37-25(34)19-14-29-33(18-7-5-4-6-8-18)24(19)31-26(35)30-23-16-32(11-12-36-2)15-20(23)17-9-10-21(27)22(28)13-17/h4-10,13-14,20,23H,3,11-12,15-16H2,1-2H3,(H2,30,31,35)/t20-,23?/m0/s1. The van der Waals surface area contributed by atoms with E-state index in [0.29, 0.717) is 37.5 Å². The molecule has 9 nitrogen and oxygen atoms in total. The van der Waals surface area contributed by atoms with Gasteiger partial charge in [-0.1, -0.05) is 24.3 Å². The molecule has 0 radical (unpaired) electrons. The monoisotopic (exact) mass is 513 g/mol.